The Kier molecular flexibility index (Phi) is 16.4. The zero-order chi connectivity index (χ0) is 64.9. The highest BCUT2D eigenvalue weighted by Gasteiger charge is 2.49. The van der Waals surface area contributed by atoms with Gasteiger partial charge in [-0.1, -0.05) is 133 Å². The van der Waals surface area contributed by atoms with Gasteiger partial charge in [0.15, 0.2) is 0 Å². The summed E-state index contributed by atoms with van der Waals surface area (Å²) < 4.78 is 26.1. The Morgan fingerprint density at radius 1 is 0.242 bits per heavy atom. The van der Waals surface area contributed by atoms with Crippen LogP contribution in [0.5, 0.6) is 0 Å². The Labute approximate surface area is 560 Å². The van der Waals surface area contributed by atoms with E-state index in [1.165, 1.54) is 0 Å². The standard InChI is InChI=1S/C85H76B2N4O4/c1-57-17-9-25-69(41-57)88(70-26-10-18-58(2)42-70)77-49-65(50-78(55-77)89(71-27-11-19-59(3)43-71)72-28-12-20-60(4)44-72)85(83-53-67(86-92-37-38-93-86)33-35-81(83)82-36-34-68(54-84(82)85)87-94-39-40-95-87)66-51-79(90(73-29-13-21-61(5)45-73)74-30-14-22-62(6)46-74)56-80(52-66)91(75-31-15-23-63(7)47-75)76-32-16-24-64(8)48-76/h9-36,41-56H,37-40H2,1-8H3. The minimum absolute atomic E-state index is 0.498. The average Bonchev–Trinajstić information content (AvgIpc) is 1.56. The molecule has 0 N–H and O–H groups in total. The van der Waals surface area contributed by atoms with E-state index in [0.717, 1.165) is 157 Å². The quantitative estimate of drug-likeness (QED) is 0.0887. The monoisotopic (exact) mass is 1240 g/mol. The van der Waals surface area contributed by atoms with E-state index in [-0.39, 0.29) is 0 Å². The first-order valence-corrected chi connectivity index (χ1v) is 33.1. The van der Waals surface area contributed by atoms with E-state index in [0.29, 0.717) is 26.4 Å². The lowest BCUT2D eigenvalue weighted by Gasteiger charge is -2.39. The number of hydrogen-bond donors (Lipinski definition) is 0. The molecule has 8 nitrogen and oxygen atoms in total. The maximum absolute atomic E-state index is 6.53. The van der Waals surface area contributed by atoms with Gasteiger partial charge in [-0.25, -0.2) is 0 Å². The van der Waals surface area contributed by atoms with Crippen LogP contribution in [0.2, 0.25) is 0 Å². The number of hydrogen-bond acceptors (Lipinski definition) is 8. The van der Waals surface area contributed by atoms with E-state index < -0.39 is 19.7 Å². The first-order chi connectivity index (χ1) is 46.3. The van der Waals surface area contributed by atoms with E-state index in [4.69, 9.17) is 18.6 Å². The molecule has 0 spiro atoms. The van der Waals surface area contributed by atoms with Gasteiger partial charge in [0.2, 0.25) is 0 Å². The number of nitrogens with zero attached hydrogens (tertiary/aromatic N) is 4. The van der Waals surface area contributed by atoms with Crippen molar-refractivity contribution < 1.29 is 18.6 Å². The molecule has 0 atom stereocenters. The van der Waals surface area contributed by atoms with Gasteiger partial charge in [-0.05, 0) is 278 Å². The van der Waals surface area contributed by atoms with Gasteiger partial charge in [-0.2, -0.15) is 0 Å². The molecule has 2 aliphatic heterocycles. The summed E-state index contributed by atoms with van der Waals surface area (Å²) in [5, 5.41) is 0. The smallest absolute Gasteiger partial charge is 0.405 e. The van der Waals surface area contributed by atoms with E-state index >= 15 is 0 Å². The summed E-state index contributed by atoms with van der Waals surface area (Å²) in [4.78, 5) is 9.80. The van der Waals surface area contributed by atoms with Crippen molar-refractivity contribution in [3.05, 3.63) is 334 Å². The molecule has 2 heterocycles. The second-order valence-electron chi connectivity index (χ2n) is 26.0. The van der Waals surface area contributed by atoms with Crippen molar-refractivity contribution >= 4 is 93.4 Å². The molecule has 466 valence electrons. The van der Waals surface area contributed by atoms with Crippen LogP contribution in [-0.4, -0.2) is 40.7 Å². The molecule has 0 aromatic heterocycles. The Hall–Kier alpha value is -10.2. The van der Waals surface area contributed by atoms with Gasteiger partial charge in [0.1, 0.15) is 0 Å². The first-order valence-electron chi connectivity index (χ1n) is 33.1. The van der Waals surface area contributed by atoms with Crippen molar-refractivity contribution in [2.75, 3.05) is 46.0 Å². The van der Waals surface area contributed by atoms with Gasteiger partial charge in [-0.3, -0.25) is 0 Å². The van der Waals surface area contributed by atoms with E-state index in [2.05, 4.69) is 342 Å². The third-order valence-electron chi connectivity index (χ3n) is 18.8. The fourth-order valence-corrected chi connectivity index (χ4v) is 14.6. The molecule has 0 radical (unpaired) electrons. The molecule has 2 fully saturated rings. The zero-order valence-corrected chi connectivity index (χ0v) is 55.3. The van der Waals surface area contributed by atoms with Crippen LogP contribution in [0.4, 0.5) is 68.2 Å². The average molecular weight is 1240 g/mol. The topological polar surface area (TPSA) is 49.9 Å². The van der Waals surface area contributed by atoms with Gasteiger partial charge in [0.05, 0.1) is 31.8 Å². The Morgan fingerprint density at radius 2 is 0.463 bits per heavy atom. The van der Waals surface area contributed by atoms with Gasteiger partial charge in [-0.15, -0.1) is 0 Å². The number of rotatable bonds is 16. The maximum Gasteiger partial charge on any atom is 0.494 e. The van der Waals surface area contributed by atoms with Crippen LogP contribution in [0.1, 0.15) is 66.8 Å². The van der Waals surface area contributed by atoms with Gasteiger partial charge < -0.3 is 38.2 Å². The van der Waals surface area contributed by atoms with Gasteiger partial charge in [0.25, 0.3) is 0 Å². The van der Waals surface area contributed by atoms with E-state index in [1.807, 2.05) is 0 Å². The summed E-state index contributed by atoms with van der Waals surface area (Å²) in [6.45, 7) is 19.4. The van der Waals surface area contributed by atoms with Crippen molar-refractivity contribution in [3.63, 3.8) is 0 Å². The molecule has 0 unspecified atom stereocenters. The van der Waals surface area contributed by atoms with Crippen LogP contribution in [0, 0.1) is 55.4 Å². The van der Waals surface area contributed by atoms with Crippen molar-refractivity contribution in [2.24, 2.45) is 0 Å². The van der Waals surface area contributed by atoms with Crippen LogP contribution in [-0.2, 0) is 24.0 Å². The summed E-state index contributed by atoms with van der Waals surface area (Å²) in [5.41, 5.74) is 28.6. The number of anilines is 12. The molecule has 95 heavy (non-hydrogen) atoms. The predicted octanol–water partition coefficient (Wildman–Crippen LogP) is 19.9. The van der Waals surface area contributed by atoms with Crippen LogP contribution >= 0.6 is 0 Å². The first kappa shape index (κ1) is 61.0. The lowest BCUT2D eigenvalue weighted by molar-refractivity contribution is 0.365. The molecule has 10 heteroatoms. The molecule has 0 saturated carbocycles. The van der Waals surface area contributed by atoms with Gasteiger partial charge >= 0.3 is 14.2 Å². The summed E-state index contributed by atoms with van der Waals surface area (Å²) >= 11 is 0. The Balaban J connectivity index is 1.16. The molecule has 3 aliphatic rings. The molecule has 2 saturated heterocycles. The van der Waals surface area contributed by atoms with E-state index in [9.17, 15) is 0 Å². The third-order valence-corrected chi connectivity index (χ3v) is 18.8. The normalized spacial score (nSPS) is 13.8. The van der Waals surface area contributed by atoms with E-state index in [1.54, 1.807) is 0 Å². The Bertz CT molecular complexity index is 4170. The fourth-order valence-electron chi connectivity index (χ4n) is 14.6. The van der Waals surface area contributed by atoms with Gasteiger partial charge in [0, 0.05) is 68.2 Å². The lowest BCUT2D eigenvalue weighted by Crippen LogP contribution is -2.37. The fraction of sp³-hybridized carbons (Fsp3) is 0.153. The minimum Gasteiger partial charge on any atom is -0.405 e. The summed E-state index contributed by atoms with van der Waals surface area (Å²) in [7, 11) is -1.15. The highest BCUT2D eigenvalue weighted by molar-refractivity contribution is 6.62. The van der Waals surface area contributed by atoms with Crippen LogP contribution in [0.15, 0.2) is 267 Å². The molecular weight excluding hydrogens is 1160 g/mol. The summed E-state index contributed by atoms with van der Waals surface area (Å²) in [5.74, 6) is 0. The third kappa shape index (κ3) is 11.8. The largest absolute Gasteiger partial charge is 0.494 e. The predicted molar refractivity (Wildman–Crippen MR) is 395 cm³/mol. The second-order valence-corrected chi connectivity index (χ2v) is 26.0. The molecule has 1 aliphatic carbocycles. The maximum atomic E-state index is 6.53. The summed E-state index contributed by atoms with van der Waals surface area (Å²) in [6.07, 6.45) is 0. The number of aryl methyl sites for hydroxylation is 8. The molecule has 15 rings (SSSR count). The van der Waals surface area contributed by atoms with Crippen molar-refractivity contribution in [1.82, 2.24) is 0 Å². The van der Waals surface area contributed by atoms with Crippen LogP contribution in [0.3, 0.4) is 0 Å². The zero-order valence-electron chi connectivity index (χ0n) is 55.3. The number of fused-ring (bicyclic) bond motifs is 3. The Morgan fingerprint density at radius 3 is 0.674 bits per heavy atom. The summed E-state index contributed by atoms with van der Waals surface area (Å²) in [6, 6.07) is 99.7. The van der Waals surface area contributed by atoms with Crippen LogP contribution in [0.25, 0.3) is 11.1 Å². The molecule has 0 bridgehead atoms. The SMILES string of the molecule is Cc1cccc(N(c2cccc(C)c2)c2cc(N(c3cccc(C)c3)c3cccc(C)c3)cc(C3(c4cc(N(c5cccc(C)c5)c5cccc(C)c5)cc(N(c5cccc(C)c5)c5cccc(C)c5)c4)c4cc(B5OCCO5)ccc4-c4ccc(B5OCCO5)cc43)c2)c1. The molecule has 12 aromatic rings. The highest BCUT2D eigenvalue weighted by Crippen LogP contribution is 2.59. The van der Waals surface area contributed by atoms with Crippen LogP contribution < -0.4 is 30.5 Å². The highest BCUT2D eigenvalue weighted by atomic mass is 16.6. The van der Waals surface area contributed by atoms with Crippen molar-refractivity contribution in [1.29, 1.82) is 0 Å². The lowest BCUT2D eigenvalue weighted by atomic mass is 9.64. The minimum atomic E-state index is -1.16. The van der Waals surface area contributed by atoms with Crippen molar-refractivity contribution in [3.8, 4) is 11.1 Å². The number of benzene rings is 12. The molecule has 0 amide bonds. The molecular formula is C85H76B2N4O4. The molecule has 12 aromatic carbocycles. The second kappa shape index (κ2) is 25.6. The van der Waals surface area contributed by atoms with Crippen molar-refractivity contribution in [2.45, 2.75) is 60.8 Å².